The van der Waals surface area contributed by atoms with Gasteiger partial charge in [0.2, 0.25) is 0 Å². The van der Waals surface area contributed by atoms with E-state index in [2.05, 4.69) is 29.2 Å². The van der Waals surface area contributed by atoms with Crippen LogP contribution in [0.15, 0.2) is 47.3 Å². The summed E-state index contributed by atoms with van der Waals surface area (Å²) in [6.07, 6.45) is 0. The van der Waals surface area contributed by atoms with Crippen LogP contribution in [0.2, 0.25) is 0 Å². The summed E-state index contributed by atoms with van der Waals surface area (Å²) in [5.41, 5.74) is 2.26. The quantitative estimate of drug-likeness (QED) is 0.537. The van der Waals surface area contributed by atoms with Crippen LogP contribution in [0.25, 0.3) is 21.0 Å². The molecule has 4 heteroatoms. The van der Waals surface area contributed by atoms with E-state index in [1.807, 2.05) is 39.0 Å². The Morgan fingerprint density at radius 1 is 1.04 bits per heavy atom. The summed E-state index contributed by atoms with van der Waals surface area (Å²) in [6, 6.07) is 14.5. The number of nitrogens with zero attached hydrogens (tertiary/aromatic N) is 2. The van der Waals surface area contributed by atoms with Crippen LogP contribution >= 0.6 is 11.3 Å². The molecule has 0 aliphatic heterocycles. The first-order valence-corrected chi connectivity index (χ1v) is 8.81. The SMILES string of the molecule is Cc1sc2nc(C)n(Cc3cccc4ccccc34)c(=O)c2c1C. The summed E-state index contributed by atoms with van der Waals surface area (Å²) in [7, 11) is 0. The van der Waals surface area contributed by atoms with Gasteiger partial charge in [0.15, 0.2) is 0 Å². The van der Waals surface area contributed by atoms with E-state index in [-0.39, 0.29) is 5.56 Å². The highest BCUT2D eigenvalue weighted by Crippen LogP contribution is 2.26. The molecular formula is C20H18N2OS. The fourth-order valence-electron chi connectivity index (χ4n) is 3.22. The number of hydrogen-bond acceptors (Lipinski definition) is 3. The minimum absolute atomic E-state index is 0.0623. The molecule has 4 aromatic rings. The van der Waals surface area contributed by atoms with E-state index in [0.29, 0.717) is 6.54 Å². The van der Waals surface area contributed by atoms with Crippen molar-refractivity contribution in [1.29, 1.82) is 0 Å². The summed E-state index contributed by atoms with van der Waals surface area (Å²) in [5.74, 6) is 0.765. The van der Waals surface area contributed by atoms with Gasteiger partial charge < -0.3 is 0 Å². The van der Waals surface area contributed by atoms with E-state index in [1.54, 1.807) is 15.9 Å². The van der Waals surface area contributed by atoms with Gasteiger partial charge in [-0.2, -0.15) is 0 Å². The first kappa shape index (κ1) is 15.1. The molecule has 0 atom stereocenters. The largest absolute Gasteiger partial charge is 0.292 e. The third-order valence-corrected chi connectivity index (χ3v) is 5.79. The Hall–Kier alpha value is -2.46. The Morgan fingerprint density at radius 3 is 2.62 bits per heavy atom. The third-order valence-electron chi connectivity index (χ3n) is 4.69. The maximum absolute atomic E-state index is 13.1. The van der Waals surface area contributed by atoms with Crippen molar-refractivity contribution in [1.82, 2.24) is 9.55 Å². The van der Waals surface area contributed by atoms with Gasteiger partial charge in [0.25, 0.3) is 5.56 Å². The molecule has 0 aliphatic rings. The number of aromatic nitrogens is 2. The Kier molecular flexibility index (Phi) is 3.50. The van der Waals surface area contributed by atoms with Crippen molar-refractivity contribution in [3.63, 3.8) is 0 Å². The van der Waals surface area contributed by atoms with E-state index in [4.69, 9.17) is 0 Å². The zero-order valence-electron chi connectivity index (χ0n) is 14.0. The van der Waals surface area contributed by atoms with Crippen molar-refractivity contribution in [3.05, 3.63) is 74.6 Å². The number of benzene rings is 2. The maximum atomic E-state index is 13.1. The van der Waals surface area contributed by atoms with Crippen LogP contribution < -0.4 is 5.56 Å². The summed E-state index contributed by atoms with van der Waals surface area (Å²) >= 11 is 1.60. The summed E-state index contributed by atoms with van der Waals surface area (Å²) in [6.45, 7) is 6.51. The number of hydrogen-bond donors (Lipinski definition) is 0. The first-order chi connectivity index (χ1) is 11.6. The van der Waals surface area contributed by atoms with Crippen LogP contribution in [0, 0.1) is 20.8 Å². The van der Waals surface area contributed by atoms with Crippen LogP contribution in [-0.4, -0.2) is 9.55 Å². The molecular weight excluding hydrogens is 316 g/mol. The zero-order chi connectivity index (χ0) is 16.8. The van der Waals surface area contributed by atoms with Gasteiger partial charge in [0.05, 0.1) is 11.9 Å². The highest BCUT2D eigenvalue weighted by molar-refractivity contribution is 7.18. The molecule has 120 valence electrons. The average molecular weight is 334 g/mol. The van der Waals surface area contributed by atoms with Gasteiger partial charge >= 0.3 is 0 Å². The van der Waals surface area contributed by atoms with Gasteiger partial charge in [-0.1, -0.05) is 42.5 Å². The van der Waals surface area contributed by atoms with Crippen molar-refractivity contribution < 1.29 is 0 Å². The predicted octanol–water partition coefficient (Wildman–Crippen LogP) is 4.58. The van der Waals surface area contributed by atoms with Crippen LogP contribution in [-0.2, 0) is 6.54 Å². The van der Waals surface area contributed by atoms with Gasteiger partial charge in [-0.15, -0.1) is 11.3 Å². The minimum Gasteiger partial charge on any atom is -0.292 e. The Bertz CT molecular complexity index is 1130. The Labute approximate surface area is 144 Å². The Balaban J connectivity index is 1.94. The second kappa shape index (κ2) is 5.56. The van der Waals surface area contributed by atoms with Gasteiger partial charge in [0, 0.05) is 4.88 Å². The smallest absolute Gasteiger partial charge is 0.262 e. The molecule has 2 aromatic carbocycles. The molecule has 0 saturated carbocycles. The fraction of sp³-hybridized carbons (Fsp3) is 0.200. The van der Waals surface area contributed by atoms with Crippen LogP contribution in [0.5, 0.6) is 0 Å². The van der Waals surface area contributed by atoms with Crippen LogP contribution in [0.3, 0.4) is 0 Å². The molecule has 0 radical (unpaired) electrons. The highest BCUT2D eigenvalue weighted by Gasteiger charge is 2.15. The van der Waals surface area contributed by atoms with E-state index < -0.39 is 0 Å². The number of thiophene rings is 1. The normalized spacial score (nSPS) is 11.5. The molecule has 0 saturated heterocycles. The fourth-order valence-corrected chi connectivity index (χ4v) is 4.28. The van der Waals surface area contributed by atoms with Gasteiger partial charge in [-0.3, -0.25) is 9.36 Å². The second-order valence-corrected chi connectivity index (χ2v) is 7.36. The zero-order valence-corrected chi connectivity index (χ0v) is 14.8. The predicted molar refractivity (Wildman–Crippen MR) is 101 cm³/mol. The maximum Gasteiger partial charge on any atom is 0.262 e. The summed E-state index contributed by atoms with van der Waals surface area (Å²) in [4.78, 5) is 19.7. The lowest BCUT2D eigenvalue weighted by Crippen LogP contribution is -2.24. The standard InChI is InChI=1S/C20H18N2OS/c1-12-13(2)24-19-18(12)20(23)22(14(3)21-19)11-16-9-6-8-15-7-4-5-10-17(15)16/h4-10H,11H2,1-3H3. The molecule has 4 rings (SSSR count). The molecule has 0 bridgehead atoms. The molecule has 2 heterocycles. The Morgan fingerprint density at radius 2 is 1.79 bits per heavy atom. The molecule has 0 unspecified atom stereocenters. The molecule has 3 nitrogen and oxygen atoms in total. The first-order valence-electron chi connectivity index (χ1n) is 8.00. The molecule has 0 amide bonds. The lowest BCUT2D eigenvalue weighted by molar-refractivity contribution is 0.717. The van der Waals surface area contributed by atoms with Crippen molar-refractivity contribution in [3.8, 4) is 0 Å². The molecule has 0 fully saturated rings. The van der Waals surface area contributed by atoms with Crippen LogP contribution in [0.1, 0.15) is 21.8 Å². The monoisotopic (exact) mass is 334 g/mol. The van der Waals surface area contributed by atoms with Crippen molar-refractivity contribution in [2.24, 2.45) is 0 Å². The third kappa shape index (κ3) is 2.26. The van der Waals surface area contributed by atoms with Gasteiger partial charge in [-0.25, -0.2) is 4.98 Å². The second-order valence-electron chi connectivity index (χ2n) is 6.15. The van der Waals surface area contributed by atoms with Gasteiger partial charge in [0.1, 0.15) is 10.7 Å². The molecule has 2 aromatic heterocycles. The number of fused-ring (bicyclic) bond motifs is 2. The van der Waals surface area contributed by atoms with E-state index in [9.17, 15) is 4.79 Å². The van der Waals surface area contributed by atoms with Crippen molar-refractivity contribution in [2.45, 2.75) is 27.3 Å². The topological polar surface area (TPSA) is 34.9 Å². The van der Waals surface area contributed by atoms with E-state index in [0.717, 1.165) is 32.0 Å². The van der Waals surface area contributed by atoms with Crippen molar-refractivity contribution in [2.75, 3.05) is 0 Å². The summed E-state index contributed by atoms with van der Waals surface area (Å²) in [5, 5.41) is 3.14. The van der Waals surface area contributed by atoms with Gasteiger partial charge in [-0.05, 0) is 42.7 Å². The van der Waals surface area contributed by atoms with E-state index in [1.165, 1.54) is 10.8 Å². The average Bonchev–Trinajstić information content (AvgIpc) is 2.86. The van der Waals surface area contributed by atoms with Crippen LogP contribution in [0.4, 0.5) is 0 Å². The van der Waals surface area contributed by atoms with E-state index >= 15 is 0 Å². The molecule has 0 aliphatic carbocycles. The number of rotatable bonds is 2. The lowest BCUT2D eigenvalue weighted by atomic mass is 10.0. The van der Waals surface area contributed by atoms with Crippen molar-refractivity contribution >= 4 is 32.3 Å². The highest BCUT2D eigenvalue weighted by atomic mass is 32.1. The number of aryl methyl sites for hydroxylation is 3. The lowest BCUT2D eigenvalue weighted by Gasteiger charge is -2.12. The minimum atomic E-state index is 0.0623. The molecule has 0 N–H and O–H groups in total. The summed E-state index contributed by atoms with van der Waals surface area (Å²) < 4.78 is 1.79. The molecule has 0 spiro atoms. The molecule has 24 heavy (non-hydrogen) atoms.